The summed E-state index contributed by atoms with van der Waals surface area (Å²) in [6.45, 7) is 0. The smallest absolute Gasteiger partial charge is 0.403 e. The van der Waals surface area contributed by atoms with Crippen LogP contribution in [0.15, 0.2) is 18.3 Å². The molecule has 0 saturated carbocycles. The number of nitrogens with zero attached hydrogens (tertiary/aromatic N) is 1. The van der Waals surface area contributed by atoms with Crippen LogP contribution in [0, 0.1) is 0 Å². The Labute approximate surface area is 110 Å². The van der Waals surface area contributed by atoms with Gasteiger partial charge in [0.05, 0.1) is 14.2 Å². The summed E-state index contributed by atoms with van der Waals surface area (Å²) >= 11 is 0. The first-order chi connectivity index (χ1) is 7.10. The average molecular weight is 337 g/mol. The molecule has 0 radical (unpaired) electrons. The second kappa shape index (κ2) is 6.41. The zero-order chi connectivity index (χ0) is 11.4. The van der Waals surface area contributed by atoms with E-state index in [2.05, 4.69) is 9.47 Å². The monoisotopic (exact) mass is 337 g/mol. The van der Waals surface area contributed by atoms with E-state index in [0.717, 1.165) is 0 Å². The summed E-state index contributed by atoms with van der Waals surface area (Å²) in [6.07, 6.45) is 1.51. The van der Waals surface area contributed by atoms with Gasteiger partial charge in [-0.2, -0.15) is 4.57 Å². The lowest BCUT2D eigenvalue weighted by molar-refractivity contribution is -0.674. The molecule has 1 aromatic rings. The number of methoxy groups -OCH3 is 2. The molecule has 0 atom stereocenters. The van der Waals surface area contributed by atoms with Crippen LogP contribution in [0.1, 0.15) is 20.8 Å². The molecule has 0 fully saturated rings. The molecule has 0 spiro atoms. The van der Waals surface area contributed by atoms with Crippen molar-refractivity contribution in [2.75, 3.05) is 14.2 Å². The molecule has 0 unspecified atom stereocenters. The van der Waals surface area contributed by atoms with E-state index in [0.29, 0.717) is 11.3 Å². The van der Waals surface area contributed by atoms with Crippen LogP contribution in [-0.4, -0.2) is 26.2 Å². The number of halogens is 1. The van der Waals surface area contributed by atoms with E-state index in [9.17, 15) is 9.59 Å². The molecule has 0 aliphatic heterocycles. The predicted molar refractivity (Wildman–Crippen MR) is 50.3 cm³/mol. The molecule has 16 heavy (non-hydrogen) atoms. The SMILES string of the molecule is COC(=O)c1ccc(C(=O)OC)[n+](C)c1.[I-]. The lowest BCUT2D eigenvalue weighted by atomic mass is 10.2. The lowest BCUT2D eigenvalue weighted by Crippen LogP contribution is -3.00. The van der Waals surface area contributed by atoms with Crippen molar-refractivity contribution in [2.45, 2.75) is 0 Å². The Hall–Kier alpha value is -1.18. The van der Waals surface area contributed by atoms with Gasteiger partial charge in [0.1, 0.15) is 12.6 Å². The fourth-order valence-electron chi connectivity index (χ4n) is 1.16. The highest BCUT2D eigenvalue weighted by molar-refractivity contribution is 5.90. The molecule has 0 aromatic carbocycles. The maximum absolute atomic E-state index is 11.2. The molecule has 6 heteroatoms. The first-order valence-electron chi connectivity index (χ1n) is 4.26. The highest BCUT2D eigenvalue weighted by Crippen LogP contribution is 2.01. The third kappa shape index (κ3) is 3.16. The number of esters is 2. The number of hydrogen-bond donors (Lipinski definition) is 0. The molecule has 0 aliphatic carbocycles. The summed E-state index contributed by atoms with van der Waals surface area (Å²) in [6, 6.07) is 3.02. The molecule has 0 saturated heterocycles. The van der Waals surface area contributed by atoms with Gasteiger partial charge in [-0.05, 0) is 6.07 Å². The van der Waals surface area contributed by atoms with Crippen LogP contribution in [0.25, 0.3) is 0 Å². The Morgan fingerprint density at radius 2 is 1.69 bits per heavy atom. The van der Waals surface area contributed by atoms with Gasteiger partial charge in [0.15, 0.2) is 6.20 Å². The molecular weight excluding hydrogens is 325 g/mol. The van der Waals surface area contributed by atoms with E-state index in [1.54, 1.807) is 7.05 Å². The van der Waals surface area contributed by atoms with Crippen molar-refractivity contribution in [3.63, 3.8) is 0 Å². The fourth-order valence-corrected chi connectivity index (χ4v) is 1.16. The van der Waals surface area contributed by atoms with Crippen LogP contribution in [-0.2, 0) is 16.5 Å². The molecule has 0 bridgehead atoms. The summed E-state index contributed by atoms with van der Waals surface area (Å²) < 4.78 is 10.6. The first-order valence-corrected chi connectivity index (χ1v) is 4.26. The van der Waals surface area contributed by atoms with Crippen LogP contribution in [0.4, 0.5) is 0 Å². The van der Waals surface area contributed by atoms with Gasteiger partial charge in [0, 0.05) is 6.07 Å². The highest BCUT2D eigenvalue weighted by Gasteiger charge is 2.19. The lowest BCUT2D eigenvalue weighted by Gasteiger charge is -2.00. The maximum atomic E-state index is 11.2. The molecule has 0 amide bonds. The van der Waals surface area contributed by atoms with E-state index < -0.39 is 11.9 Å². The quantitative estimate of drug-likeness (QED) is 0.330. The topological polar surface area (TPSA) is 56.5 Å². The van der Waals surface area contributed by atoms with Gasteiger partial charge in [-0.1, -0.05) is 0 Å². The summed E-state index contributed by atoms with van der Waals surface area (Å²) in [4.78, 5) is 22.4. The van der Waals surface area contributed by atoms with Crippen molar-refractivity contribution in [3.05, 3.63) is 29.6 Å². The predicted octanol–water partition coefficient (Wildman–Crippen LogP) is -2.91. The van der Waals surface area contributed by atoms with E-state index in [1.807, 2.05) is 0 Å². The van der Waals surface area contributed by atoms with Crippen LogP contribution in [0.5, 0.6) is 0 Å². The van der Waals surface area contributed by atoms with Crippen molar-refractivity contribution in [1.29, 1.82) is 0 Å². The second-order valence-corrected chi connectivity index (χ2v) is 2.90. The third-order valence-electron chi connectivity index (χ3n) is 1.95. The molecule has 88 valence electrons. The maximum Gasteiger partial charge on any atom is 0.403 e. The highest BCUT2D eigenvalue weighted by atomic mass is 127. The summed E-state index contributed by atoms with van der Waals surface area (Å²) in [5.74, 6) is -0.893. The number of hydrogen-bond acceptors (Lipinski definition) is 4. The van der Waals surface area contributed by atoms with E-state index >= 15 is 0 Å². The van der Waals surface area contributed by atoms with E-state index in [4.69, 9.17) is 0 Å². The Morgan fingerprint density at radius 3 is 2.12 bits per heavy atom. The number of aryl methyl sites for hydroxylation is 1. The number of carbonyl (C=O) groups excluding carboxylic acids is 2. The van der Waals surface area contributed by atoms with Crippen molar-refractivity contribution in [1.82, 2.24) is 0 Å². The fraction of sp³-hybridized carbons (Fsp3) is 0.300. The van der Waals surface area contributed by atoms with E-state index in [1.165, 1.54) is 37.1 Å². The number of pyridine rings is 1. The Bertz CT molecular complexity index is 406. The standard InChI is InChI=1S/C10H12NO4.HI/c1-11-6-7(9(12)14-2)4-5-8(11)10(13)15-3;/h4-6H,1-3H3;1H/q+1;/p-1. The van der Waals surface area contributed by atoms with Gasteiger partial charge >= 0.3 is 11.9 Å². The van der Waals surface area contributed by atoms with E-state index in [-0.39, 0.29) is 24.0 Å². The van der Waals surface area contributed by atoms with Crippen molar-refractivity contribution >= 4 is 11.9 Å². The van der Waals surface area contributed by atoms with Crippen LogP contribution < -0.4 is 28.5 Å². The Morgan fingerprint density at radius 1 is 1.12 bits per heavy atom. The molecule has 5 nitrogen and oxygen atoms in total. The summed E-state index contributed by atoms with van der Waals surface area (Å²) in [7, 11) is 4.26. The van der Waals surface area contributed by atoms with Crippen molar-refractivity contribution in [3.8, 4) is 0 Å². The molecule has 1 rings (SSSR count). The van der Waals surface area contributed by atoms with Gasteiger partial charge in [0.2, 0.25) is 0 Å². The van der Waals surface area contributed by atoms with Crippen molar-refractivity contribution in [2.24, 2.45) is 7.05 Å². The first kappa shape index (κ1) is 14.8. The largest absolute Gasteiger partial charge is 1.00 e. The van der Waals surface area contributed by atoms with Gasteiger partial charge in [-0.3, -0.25) is 0 Å². The zero-order valence-corrected chi connectivity index (χ0v) is 11.3. The third-order valence-corrected chi connectivity index (χ3v) is 1.95. The number of ether oxygens (including phenoxy) is 2. The molecule has 1 heterocycles. The average Bonchev–Trinajstić information content (AvgIpc) is 2.26. The minimum absolute atomic E-state index is 0. The number of aromatic nitrogens is 1. The molecule has 0 N–H and O–H groups in total. The van der Waals surface area contributed by atoms with Crippen LogP contribution >= 0.6 is 0 Å². The summed E-state index contributed by atoms with van der Waals surface area (Å²) in [5, 5.41) is 0. The van der Waals surface area contributed by atoms with Crippen LogP contribution in [0.2, 0.25) is 0 Å². The van der Waals surface area contributed by atoms with Crippen LogP contribution in [0.3, 0.4) is 0 Å². The second-order valence-electron chi connectivity index (χ2n) is 2.90. The minimum Gasteiger partial charge on any atom is -1.00 e. The summed E-state index contributed by atoms with van der Waals surface area (Å²) in [5.41, 5.74) is 0.748. The van der Waals surface area contributed by atoms with Gasteiger partial charge in [-0.25, -0.2) is 9.59 Å². The Kier molecular flexibility index (Phi) is 5.94. The molecule has 1 aromatic heterocycles. The normalized spacial score (nSPS) is 8.94. The zero-order valence-electron chi connectivity index (χ0n) is 9.19. The van der Waals surface area contributed by atoms with Gasteiger partial charge in [-0.15, -0.1) is 0 Å². The number of rotatable bonds is 2. The molecule has 0 aliphatic rings. The van der Waals surface area contributed by atoms with Crippen molar-refractivity contribution < 1.29 is 47.6 Å². The van der Waals surface area contributed by atoms with Gasteiger partial charge in [0.25, 0.3) is 5.69 Å². The number of carbonyl (C=O) groups is 2. The molecular formula is C10H12INO4. The van der Waals surface area contributed by atoms with Gasteiger partial charge < -0.3 is 33.5 Å². The Balaban J connectivity index is 0.00000225. The minimum atomic E-state index is -0.450.